The number of morpholine rings is 1. The Morgan fingerprint density at radius 3 is 1.45 bits per heavy atom. The van der Waals surface area contributed by atoms with E-state index in [-0.39, 0.29) is 22.3 Å². The van der Waals surface area contributed by atoms with Crippen molar-refractivity contribution in [3.8, 4) is 0 Å². The predicted octanol–water partition coefficient (Wildman–Crippen LogP) is 8.09. The minimum Gasteiger partial charge on any atom is -0.381 e. The van der Waals surface area contributed by atoms with E-state index in [4.69, 9.17) is 14.2 Å². The van der Waals surface area contributed by atoms with Crippen LogP contribution in [0.25, 0.3) is 0 Å². The maximum atomic E-state index is 5.64. The first-order valence-electron chi connectivity index (χ1n) is 12.3. The minimum absolute atomic E-state index is 0. The fourth-order valence-electron chi connectivity index (χ4n) is 4.08. The maximum absolute atomic E-state index is 5.64. The number of hydrogen-bond donors (Lipinski definition) is 0. The van der Waals surface area contributed by atoms with Gasteiger partial charge in [-0.15, -0.1) is 0 Å². The second-order valence-corrected chi connectivity index (χ2v) is 12.3. The summed E-state index contributed by atoms with van der Waals surface area (Å²) in [5, 5.41) is 0. The molecule has 3 rings (SSSR count). The number of rotatable bonds is 0. The monoisotopic (exact) mass is 475 g/mol. The molecular formula is C29H65NO3. The first-order valence-corrected chi connectivity index (χ1v) is 12.3. The largest absolute Gasteiger partial charge is 0.381 e. The third-order valence-electron chi connectivity index (χ3n) is 6.49. The predicted molar refractivity (Wildman–Crippen MR) is 148 cm³/mol. The Labute approximate surface area is 210 Å². The van der Waals surface area contributed by atoms with Crippen molar-refractivity contribution in [2.75, 3.05) is 46.1 Å². The van der Waals surface area contributed by atoms with Gasteiger partial charge in [-0.1, -0.05) is 63.8 Å². The number of ether oxygens (including phenoxy) is 3. The Morgan fingerprint density at radius 2 is 1.18 bits per heavy atom. The van der Waals surface area contributed by atoms with Gasteiger partial charge in [-0.25, -0.2) is 0 Å². The van der Waals surface area contributed by atoms with Crippen LogP contribution < -0.4 is 0 Å². The van der Waals surface area contributed by atoms with Gasteiger partial charge in [0.2, 0.25) is 0 Å². The van der Waals surface area contributed by atoms with Crippen LogP contribution in [0.1, 0.15) is 117 Å². The van der Waals surface area contributed by atoms with Gasteiger partial charge < -0.3 is 14.2 Å². The topological polar surface area (TPSA) is 30.9 Å². The van der Waals surface area contributed by atoms with E-state index in [1.54, 1.807) is 0 Å². The molecule has 0 amide bonds. The van der Waals surface area contributed by atoms with Crippen LogP contribution in [0.4, 0.5) is 0 Å². The number of hydrogen-bond acceptors (Lipinski definition) is 4. The molecule has 0 N–H and O–H groups in total. The number of nitrogens with zero attached hydrogens (tertiary/aromatic N) is 1. The van der Waals surface area contributed by atoms with Crippen LogP contribution in [0.15, 0.2) is 0 Å². The summed E-state index contributed by atoms with van der Waals surface area (Å²) < 4.78 is 16.3. The summed E-state index contributed by atoms with van der Waals surface area (Å²) in [6.45, 7) is 27.3. The van der Waals surface area contributed by atoms with Crippen LogP contribution in [-0.2, 0) is 14.2 Å². The quantitative estimate of drug-likeness (QED) is 0.354. The maximum Gasteiger partial charge on any atom is 0.0623 e. The summed E-state index contributed by atoms with van der Waals surface area (Å²) in [6.07, 6.45) is 6.96. The Morgan fingerprint density at radius 1 is 0.606 bits per heavy atom. The molecule has 0 aromatic heterocycles. The second-order valence-electron chi connectivity index (χ2n) is 12.3. The molecule has 4 nitrogen and oxygen atoms in total. The summed E-state index contributed by atoms with van der Waals surface area (Å²) in [7, 11) is 0. The molecule has 2 unspecified atom stereocenters. The van der Waals surface area contributed by atoms with Crippen molar-refractivity contribution in [2.24, 2.45) is 16.7 Å². The fraction of sp³-hybridized carbons (Fsp3) is 1.00. The molecule has 0 bridgehead atoms. The highest BCUT2D eigenvalue weighted by molar-refractivity contribution is 4.78. The molecule has 3 aliphatic rings. The van der Waals surface area contributed by atoms with E-state index < -0.39 is 0 Å². The molecule has 0 saturated carbocycles. The second kappa shape index (κ2) is 17.3. The van der Waals surface area contributed by atoms with Crippen LogP contribution >= 0.6 is 0 Å². The van der Waals surface area contributed by atoms with Gasteiger partial charge in [0, 0.05) is 38.4 Å². The Kier molecular flexibility index (Phi) is 19.6. The van der Waals surface area contributed by atoms with Gasteiger partial charge >= 0.3 is 0 Å². The van der Waals surface area contributed by atoms with Crippen molar-refractivity contribution in [3.05, 3.63) is 0 Å². The van der Waals surface area contributed by atoms with Crippen LogP contribution in [0.3, 0.4) is 0 Å². The molecular weight excluding hydrogens is 410 g/mol. The van der Waals surface area contributed by atoms with Crippen molar-refractivity contribution in [1.82, 2.24) is 4.90 Å². The standard InChI is InChI=1S/2C9H18O.C8H17NO.3CH4/c1-9(2,3)8-5-4-6-10-7-8;1-9(2,3)8-6-4-5-7-10-8;1-8(2,3)9-4-6-10-7-5-9;;;/h2*8H,4-7H2,1-3H3;4-7H2,1-3H3;3*1H4. The Hall–Kier alpha value is -0.160. The zero-order chi connectivity index (χ0) is 22.8. The molecule has 0 spiro atoms. The average Bonchev–Trinajstić information content (AvgIpc) is 2.69. The summed E-state index contributed by atoms with van der Waals surface area (Å²) in [5.41, 5.74) is 1.12. The lowest BCUT2D eigenvalue weighted by molar-refractivity contribution is -0.0474. The fourth-order valence-corrected chi connectivity index (χ4v) is 4.08. The van der Waals surface area contributed by atoms with Gasteiger partial charge in [0.05, 0.1) is 19.3 Å². The van der Waals surface area contributed by atoms with Crippen molar-refractivity contribution in [1.29, 1.82) is 0 Å². The van der Waals surface area contributed by atoms with Gasteiger partial charge in [0.25, 0.3) is 0 Å². The van der Waals surface area contributed by atoms with Gasteiger partial charge in [-0.3, -0.25) is 4.90 Å². The van der Waals surface area contributed by atoms with E-state index in [1.165, 1.54) is 32.1 Å². The van der Waals surface area contributed by atoms with Gasteiger partial charge in [-0.05, 0) is 69.6 Å². The molecule has 4 heteroatoms. The lowest BCUT2D eigenvalue weighted by atomic mass is 9.78. The highest BCUT2D eigenvalue weighted by atomic mass is 16.5. The van der Waals surface area contributed by atoms with Gasteiger partial charge in [-0.2, -0.15) is 0 Å². The molecule has 0 radical (unpaired) electrons. The van der Waals surface area contributed by atoms with E-state index >= 15 is 0 Å². The SMILES string of the molecule is C.C.C.CC(C)(C)C1CCCCO1.CC(C)(C)C1CCCOC1.CC(C)(C)N1CCOCC1. The third-order valence-corrected chi connectivity index (χ3v) is 6.49. The van der Waals surface area contributed by atoms with Crippen molar-refractivity contribution in [2.45, 2.75) is 128 Å². The molecule has 204 valence electrons. The Balaban J connectivity index is -0.000000391. The van der Waals surface area contributed by atoms with Crippen LogP contribution in [0.2, 0.25) is 0 Å². The molecule has 33 heavy (non-hydrogen) atoms. The summed E-state index contributed by atoms with van der Waals surface area (Å²) >= 11 is 0. The third kappa shape index (κ3) is 16.2. The first-order chi connectivity index (χ1) is 13.8. The smallest absolute Gasteiger partial charge is 0.0623 e. The first kappa shape index (κ1) is 37.4. The molecule has 0 aliphatic carbocycles. The van der Waals surface area contributed by atoms with E-state index in [0.717, 1.165) is 52.0 Å². The van der Waals surface area contributed by atoms with E-state index in [9.17, 15) is 0 Å². The van der Waals surface area contributed by atoms with Crippen molar-refractivity contribution < 1.29 is 14.2 Å². The molecule has 3 saturated heterocycles. The molecule has 3 aliphatic heterocycles. The molecule has 2 atom stereocenters. The lowest BCUT2D eigenvalue weighted by Gasteiger charge is -2.38. The minimum atomic E-state index is 0. The zero-order valence-corrected chi connectivity index (χ0v) is 21.8. The highest BCUT2D eigenvalue weighted by Crippen LogP contribution is 2.32. The van der Waals surface area contributed by atoms with Gasteiger partial charge in [0.15, 0.2) is 0 Å². The molecule has 3 heterocycles. The lowest BCUT2D eigenvalue weighted by Crippen LogP contribution is -2.47. The van der Waals surface area contributed by atoms with E-state index in [2.05, 4.69) is 67.2 Å². The molecule has 0 aromatic carbocycles. The van der Waals surface area contributed by atoms with E-state index in [0.29, 0.717) is 22.5 Å². The zero-order valence-electron chi connectivity index (χ0n) is 21.8. The molecule has 0 aromatic rings. The van der Waals surface area contributed by atoms with E-state index in [1.807, 2.05) is 0 Å². The highest BCUT2D eigenvalue weighted by Gasteiger charge is 2.27. The summed E-state index contributed by atoms with van der Waals surface area (Å²) in [5.74, 6) is 0.779. The Bertz CT molecular complexity index is 361. The summed E-state index contributed by atoms with van der Waals surface area (Å²) in [4.78, 5) is 2.45. The van der Waals surface area contributed by atoms with Crippen LogP contribution in [0, 0.1) is 16.7 Å². The average molecular weight is 476 g/mol. The molecule has 3 fully saturated rings. The van der Waals surface area contributed by atoms with Crippen LogP contribution in [0.5, 0.6) is 0 Å². The van der Waals surface area contributed by atoms with Crippen LogP contribution in [-0.4, -0.2) is 62.7 Å². The van der Waals surface area contributed by atoms with Crippen molar-refractivity contribution in [3.63, 3.8) is 0 Å². The van der Waals surface area contributed by atoms with Crippen molar-refractivity contribution >= 4 is 0 Å². The van der Waals surface area contributed by atoms with Gasteiger partial charge in [0.1, 0.15) is 0 Å². The summed E-state index contributed by atoms with van der Waals surface area (Å²) in [6, 6.07) is 0. The normalized spacial score (nSPS) is 24.3.